The zero-order chi connectivity index (χ0) is 16.8. The summed E-state index contributed by atoms with van der Waals surface area (Å²) in [5.41, 5.74) is 5.91. The van der Waals surface area contributed by atoms with E-state index in [2.05, 4.69) is 15.4 Å². The molecule has 3 rings (SSSR count). The Labute approximate surface area is 142 Å². The van der Waals surface area contributed by atoms with Crippen LogP contribution in [0.5, 0.6) is 11.5 Å². The fraction of sp³-hybridized carbons (Fsp3) is 0.316. The molecule has 1 aliphatic heterocycles. The Kier molecular flexibility index (Phi) is 5.21. The highest BCUT2D eigenvalue weighted by Crippen LogP contribution is 2.36. The number of methoxy groups -OCH3 is 2. The molecule has 0 amide bonds. The number of ether oxygens (including phenoxy) is 2. The number of benzene rings is 2. The molecule has 1 saturated heterocycles. The molecule has 1 fully saturated rings. The van der Waals surface area contributed by atoms with Crippen molar-refractivity contribution in [2.45, 2.75) is 12.8 Å². The first-order valence-corrected chi connectivity index (χ1v) is 8.17. The third kappa shape index (κ3) is 3.62. The van der Waals surface area contributed by atoms with Gasteiger partial charge >= 0.3 is 0 Å². The molecule has 126 valence electrons. The summed E-state index contributed by atoms with van der Waals surface area (Å²) in [6.45, 7) is 2.12. The van der Waals surface area contributed by atoms with Crippen molar-refractivity contribution in [3.8, 4) is 11.5 Å². The summed E-state index contributed by atoms with van der Waals surface area (Å²) in [6, 6.07) is 13.8. The molecule has 0 aromatic heterocycles. The Morgan fingerprint density at radius 1 is 1.00 bits per heavy atom. The Morgan fingerprint density at radius 2 is 1.71 bits per heavy atom. The minimum Gasteiger partial charge on any atom is -0.496 e. The van der Waals surface area contributed by atoms with E-state index in [-0.39, 0.29) is 0 Å². The van der Waals surface area contributed by atoms with Crippen LogP contribution in [0.4, 0.5) is 11.4 Å². The van der Waals surface area contributed by atoms with Crippen molar-refractivity contribution in [2.75, 3.05) is 37.6 Å². The fourth-order valence-corrected chi connectivity index (χ4v) is 2.90. The average Bonchev–Trinajstić information content (AvgIpc) is 3.16. The molecule has 5 nitrogen and oxygen atoms in total. The molecule has 1 aliphatic rings. The number of hydrazone groups is 1. The zero-order valence-electron chi connectivity index (χ0n) is 14.2. The highest BCUT2D eigenvalue weighted by atomic mass is 16.5. The number of anilines is 2. The number of rotatable bonds is 6. The van der Waals surface area contributed by atoms with Crippen LogP contribution in [-0.4, -0.2) is 33.5 Å². The van der Waals surface area contributed by atoms with Gasteiger partial charge in [0.25, 0.3) is 0 Å². The van der Waals surface area contributed by atoms with Crippen LogP contribution < -0.4 is 19.8 Å². The maximum Gasteiger partial charge on any atom is 0.143 e. The lowest BCUT2D eigenvalue weighted by molar-refractivity contribution is 0.402. The van der Waals surface area contributed by atoms with E-state index in [9.17, 15) is 0 Å². The maximum atomic E-state index is 5.58. The highest BCUT2D eigenvalue weighted by Gasteiger charge is 2.19. The smallest absolute Gasteiger partial charge is 0.143 e. The van der Waals surface area contributed by atoms with E-state index < -0.39 is 0 Å². The van der Waals surface area contributed by atoms with Crippen LogP contribution in [-0.2, 0) is 0 Å². The number of hydrogen-bond acceptors (Lipinski definition) is 5. The predicted octanol–water partition coefficient (Wildman–Crippen LogP) is 3.75. The molecule has 1 N–H and O–H groups in total. The molecule has 1 heterocycles. The van der Waals surface area contributed by atoms with E-state index in [0.717, 1.165) is 41.5 Å². The summed E-state index contributed by atoms with van der Waals surface area (Å²) in [5, 5.41) is 4.30. The van der Waals surface area contributed by atoms with Gasteiger partial charge in [-0.2, -0.15) is 5.10 Å². The fourth-order valence-electron chi connectivity index (χ4n) is 2.90. The summed E-state index contributed by atoms with van der Waals surface area (Å²) in [6.07, 6.45) is 4.19. The maximum absolute atomic E-state index is 5.58. The molecule has 2 aromatic rings. The quantitative estimate of drug-likeness (QED) is 0.649. The number of para-hydroxylation sites is 1. The molecule has 0 bridgehead atoms. The zero-order valence-corrected chi connectivity index (χ0v) is 14.2. The molecular weight excluding hydrogens is 302 g/mol. The van der Waals surface area contributed by atoms with Crippen molar-refractivity contribution < 1.29 is 9.47 Å². The molecule has 2 aromatic carbocycles. The lowest BCUT2D eigenvalue weighted by Crippen LogP contribution is -2.18. The van der Waals surface area contributed by atoms with Crippen LogP contribution >= 0.6 is 0 Å². The monoisotopic (exact) mass is 325 g/mol. The lowest BCUT2D eigenvalue weighted by Gasteiger charge is -2.22. The Morgan fingerprint density at radius 3 is 2.38 bits per heavy atom. The summed E-state index contributed by atoms with van der Waals surface area (Å²) in [5.74, 6) is 1.63. The lowest BCUT2D eigenvalue weighted by atomic mass is 10.1. The second-order valence-corrected chi connectivity index (χ2v) is 5.70. The molecule has 0 aliphatic carbocycles. The Bertz CT molecular complexity index is 695. The van der Waals surface area contributed by atoms with Gasteiger partial charge in [0.15, 0.2) is 0 Å². The second kappa shape index (κ2) is 7.73. The summed E-state index contributed by atoms with van der Waals surface area (Å²) in [7, 11) is 3.38. The SMILES string of the molecule is COc1cc(N2CCCC2)c(OC)cc1C=NNc1ccccc1. The standard InChI is InChI=1S/C19H23N3O2/c1-23-18-13-17(22-10-6-7-11-22)19(24-2)12-15(18)14-20-21-16-8-4-3-5-9-16/h3-5,8-9,12-14,21H,6-7,10-11H2,1-2H3. The highest BCUT2D eigenvalue weighted by molar-refractivity contribution is 5.87. The van der Waals surface area contributed by atoms with Gasteiger partial charge < -0.3 is 14.4 Å². The summed E-state index contributed by atoms with van der Waals surface area (Å²) >= 11 is 0. The van der Waals surface area contributed by atoms with Gasteiger partial charge in [0, 0.05) is 24.7 Å². The molecule has 0 spiro atoms. The van der Waals surface area contributed by atoms with Crippen LogP contribution in [0.1, 0.15) is 18.4 Å². The predicted molar refractivity (Wildman–Crippen MR) is 98.7 cm³/mol. The molecule has 24 heavy (non-hydrogen) atoms. The van der Waals surface area contributed by atoms with E-state index >= 15 is 0 Å². The van der Waals surface area contributed by atoms with Gasteiger partial charge in [-0.25, -0.2) is 0 Å². The van der Waals surface area contributed by atoms with Gasteiger partial charge in [0.1, 0.15) is 11.5 Å². The molecule has 5 heteroatoms. The number of nitrogens with one attached hydrogen (secondary N) is 1. The molecule has 0 atom stereocenters. The van der Waals surface area contributed by atoms with E-state index in [0.29, 0.717) is 0 Å². The summed E-state index contributed by atoms with van der Waals surface area (Å²) < 4.78 is 11.1. The van der Waals surface area contributed by atoms with Crippen LogP contribution in [0.15, 0.2) is 47.6 Å². The first-order chi connectivity index (χ1) is 11.8. The normalized spacial score (nSPS) is 14.2. The molecular formula is C19H23N3O2. The van der Waals surface area contributed by atoms with E-state index in [1.54, 1.807) is 20.4 Å². The van der Waals surface area contributed by atoms with Gasteiger partial charge in [-0.05, 0) is 31.0 Å². The second-order valence-electron chi connectivity index (χ2n) is 5.70. The van der Waals surface area contributed by atoms with Crippen molar-refractivity contribution in [1.29, 1.82) is 0 Å². The first kappa shape index (κ1) is 16.2. The molecule has 0 unspecified atom stereocenters. The van der Waals surface area contributed by atoms with Gasteiger partial charge in [0.2, 0.25) is 0 Å². The number of hydrogen-bond donors (Lipinski definition) is 1. The van der Waals surface area contributed by atoms with Gasteiger partial charge in [0.05, 0.1) is 31.8 Å². The van der Waals surface area contributed by atoms with Crippen molar-refractivity contribution in [3.05, 3.63) is 48.0 Å². The largest absolute Gasteiger partial charge is 0.496 e. The van der Waals surface area contributed by atoms with E-state index in [1.807, 2.05) is 42.5 Å². The van der Waals surface area contributed by atoms with Gasteiger partial charge in [-0.15, -0.1) is 0 Å². The van der Waals surface area contributed by atoms with Crippen molar-refractivity contribution >= 4 is 17.6 Å². The van der Waals surface area contributed by atoms with Crippen LogP contribution in [0.2, 0.25) is 0 Å². The van der Waals surface area contributed by atoms with Crippen LogP contribution in [0.25, 0.3) is 0 Å². The Hall–Kier alpha value is -2.69. The van der Waals surface area contributed by atoms with Crippen LogP contribution in [0.3, 0.4) is 0 Å². The van der Waals surface area contributed by atoms with E-state index in [4.69, 9.17) is 9.47 Å². The van der Waals surface area contributed by atoms with Crippen molar-refractivity contribution in [1.82, 2.24) is 0 Å². The van der Waals surface area contributed by atoms with Gasteiger partial charge in [-0.1, -0.05) is 18.2 Å². The minimum absolute atomic E-state index is 0.788. The summed E-state index contributed by atoms with van der Waals surface area (Å²) in [4.78, 5) is 2.34. The van der Waals surface area contributed by atoms with Crippen molar-refractivity contribution in [3.63, 3.8) is 0 Å². The topological polar surface area (TPSA) is 46.1 Å². The van der Waals surface area contributed by atoms with Crippen molar-refractivity contribution in [2.24, 2.45) is 5.10 Å². The molecule has 0 radical (unpaired) electrons. The number of nitrogens with zero attached hydrogens (tertiary/aromatic N) is 2. The van der Waals surface area contributed by atoms with Crippen LogP contribution in [0, 0.1) is 0 Å². The minimum atomic E-state index is 0.788. The molecule has 0 saturated carbocycles. The van der Waals surface area contributed by atoms with E-state index in [1.165, 1.54) is 12.8 Å². The average molecular weight is 325 g/mol. The van der Waals surface area contributed by atoms with Gasteiger partial charge in [-0.3, -0.25) is 5.43 Å². The first-order valence-electron chi connectivity index (χ1n) is 8.17. The third-order valence-electron chi connectivity index (χ3n) is 4.15. The third-order valence-corrected chi connectivity index (χ3v) is 4.15. The Balaban J connectivity index is 1.84.